The van der Waals surface area contributed by atoms with E-state index in [2.05, 4.69) is 0 Å². The molecule has 1 aromatic heterocycles. The van der Waals surface area contributed by atoms with E-state index >= 15 is 0 Å². The van der Waals surface area contributed by atoms with Crippen molar-refractivity contribution in [1.82, 2.24) is 0 Å². The summed E-state index contributed by atoms with van der Waals surface area (Å²) in [5, 5.41) is 9.95. The van der Waals surface area contributed by atoms with Crippen LogP contribution < -0.4 is 28.5 Å². The van der Waals surface area contributed by atoms with Gasteiger partial charge in [0.1, 0.15) is 6.10 Å². The summed E-state index contributed by atoms with van der Waals surface area (Å²) in [6.07, 6.45) is 3.46. The Morgan fingerprint density at radius 3 is 2.12 bits per heavy atom. The third-order valence-corrected chi connectivity index (χ3v) is 2.35. The Morgan fingerprint density at radius 1 is 0.938 bits per heavy atom. The van der Waals surface area contributed by atoms with Crippen molar-refractivity contribution in [1.29, 1.82) is 0 Å². The zero-order chi connectivity index (χ0) is 10.5. The predicted molar refractivity (Wildman–Crippen MR) is 58.0 cm³/mol. The fourth-order valence-corrected chi connectivity index (χ4v) is 1.54. The number of aliphatic hydroxyl groups is 1. The number of hydrogen-bond acceptors (Lipinski definition) is 1. The average Bonchev–Trinajstić information content (AvgIpc) is 2.31. The molecule has 1 aromatic carbocycles. The largest absolute Gasteiger partial charge is 1.00 e. The lowest BCUT2D eigenvalue weighted by Gasteiger charge is -2.06. The van der Waals surface area contributed by atoms with Gasteiger partial charge in [0, 0.05) is 12.1 Å². The lowest BCUT2D eigenvalue weighted by atomic mass is 10.1. The van der Waals surface area contributed by atoms with Crippen LogP contribution in [-0.2, 0) is 6.54 Å². The molecule has 2 rings (SSSR count). The molecule has 1 unspecified atom stereocenters. The molecule has 0 aliphatic carbocycles. The quantitative estimate of drug-likeness (QED) is 0.551. The summed E-state index contributed by atoms with van der Waals surface area (Å²) in [6.45, 7) is 0.588. The Bertz CT molecular complexity index is 405. The van der Waals surface area contributed by atoms with Crippen LogP contribution >= 0.6 is 0 Å². The highest BCUT2D eigenvalue weighted by Crippen LogP contribution is 2.11. The number of nitrogens with zero attached hydrogens (tertiary/aromatic N) is 1. The molecule has 3 heteroatoms. The molecule has 2 aromatic rings. The van der Waals surface area contributed by atoms with Gasteiger partial charge in [0.05, 0.1) is 0 Å². The van der Waals surface area contributed by atoms with Gasteiger partial charge in [-0.05, 0) is 5.56 Å². The Labute approximate surface area is 113 Å². The van der Waals surface area contributed by atoms with Crippen LogP contribution in [0.5, 0.6) is 0 Å². The molecule has 1 heterocycles. The minimum Gasteiger partial charge on any atom is -1.00 e. The van der Waals surface area contributed by atoms with Crippen molar-refractivity contribution < 1.29 is 33.7 Å². The molecule has 0 amide bonds. The minimum absolute atomic E-state index is 0. The molecule has 1 atom stereocenters. The second-order valence-electron chi connectivity index (χ2n) is 3.50. The smallest absolute Gasteiger partial charge is 0.178 e. The highest BCUT2D eigenvalue weighted by Gasteiger charge is 2.11. The lowest BCUT2D eigenvalue weighted by molar-refractivity contribution is -0.704. The van der Waals surface area contributed by atoms with Crippen molar-refractivity contribution in [2.75, 3.05) is 0 Å². The van der Waals surface area contributed by atoms with Crippen molar-refractivity contribution in [3.63, 3.8) is 0 Å². The highest BCUT2D eigenvalue weighted by atomic mass is 127. The molecule has 0 aliphatic rings. The van der Waals surface area contributed by atoms with Gasteiger partial charge in [0.25, 0.3) is 0 Å². The van der Waals surface area contributed by atoms with Gasteiger partial charge in [-0.3, -0.25) is 0 Å². The van der Waals surface area contributed by atoms with Crippen LogP contribution in [-0.4, -0.2) is 5.11 Å². The number of rotatable bonds is 3. The third kappa shape index (κ3) is 3.57. The Hall–Kier alpha value is -0.940. The molecule has 0 aliphatic heterocycles. The molecule has 0 radical (unpaired) electrons. The number of pyridine rings is 1. The normalized spacial score (nSPS) is 11.6. The van der Waals surface area contributed by atoms with Crippen LogP contribution in [0.15, 0.2) is 60.9 Å². The molecule has 0 fully saturated rings. The van der Waals surface area contributed by atoms with E-state index in [1.54, 1.807) is 0 Å². The van der Waals surface area contributed by atoms with E-state index in [1.165, 1.54) is 0 Å². The van der Waals surface area contributed by atoms with Crippen LogP contribution in [0, 0.1) is 0 Å². The molecule has 84 valence electrons. The van der Waals surface area contributed by atoms with Crippen LogP contribution in [0.3, 0.4) is 0 Å². The van der Waals surface area contributed by atoms with Crippen LogP contribution in [0.25, 0.3) is 0 Å². The van der Waals surface area contributed by atoms with Gasteiger partial charge in [-0.15, -0.1) is 0 Å². The summed E-state index contributed by atoms with van der Waals surface area (Å²) < 4.78 is 1.97. The van der Waals surface area contributed by atoms with Crippen molar-refractivity contribution in [2.45, 2.75) is 12.6 Å². The maximum absolute atomic E-state index is 9.95. The zero-order valence-corrected chi connectivity index (χ0v) is 11.0. The van der Waals surface area contributed by atoms with E-state index in [4.69, 9.17) is 0 Å². The number of hydrogen-bond donors (Lipinski definition) is 1. The summed E-state index contributed by atoms with van der Waals surface area (Å²) >= 11 is 0. The Morgan fingerprint density at radius 2 is 1.50 bits per heavy atom. The highest BCUT2D eigenvalue weighted by molar-refractivity contribution is 5.16. The maximum atomic E-state index is 9.95. The van der Waals surface area contributed by atoms with Crippen LogP contribution in [0.4, 0.5) is 0 Å². The summed E-state index contributed by atoms with van der Waals surface area (Å²) in [5.41, 5.74) is 0.953. The molecular formula is C13H14INO. The predicted octanol–water partition coefficient (Wildman–Crippen LogP) is -1.29. The summed E-state index contributed by atoms with van der Waals surface area (Å²) in [5.74, 6) is 0. The first-order valence-electron chi connectivity index (χ1n) is 5.03. The van der Waals surface area contributed by atoms with E-state index in [0.717, 1.165) is 5.56 Å². The average molecular weight is 327 g/mol. The summed E-state index contributed by atoms with van der Waals surface area (Å²) in [7, 11) is 0. The second kappa shape index (κ2) is 6.60. The number of aromatic nitrogens is 1. The fraction of sp³-hybridized carbons (Fsp3) is 0.154. The molecule has 0 bridgehead atoms. The Balaban J connectivity index is 0.00000128. The fourth-order valence-electron chi connectivity index (χ4n) is 1.54. The lowest BCUT2D eigenvalue weighted by Crippen LogP contribution is -3.00. The van der Waals surface area contributed by atoms with Gasteiger partial charge in [-0.2, -0.15) is 0 Å². The van der Waals surface area contributed by atoms with Gasteiger partial charge in [-0.25, -0.2) is 4.57 Å². The van der Waals surface area contributed by atoms with Gasteiger partial charge in [0.2, 0.25) is 0 Å². The molecule has 2 nitrogen and oxygen atoms in total. The van der Waals surface area contributed by atoms with E-state index in [0.29, 0.717) is 6.54 Å². The van der Waals surface area contributed by atoms with E-state index in [9.17, 15) is 5.11 Å². The topological polar surface area (TPSA) is 24.1 Å². The first-order chi connectivity index (χ1) is 7.36. The van der Waals surface area contributed by atoms with Gasteiger partial charge in [-0.1, -0.05) is 36.4 Å². The molecule has 0 saturated carbocycles. The summed E-state index contributed by atoms with van der Waals surface area (Å²) in [6, 6.07) is 15.6. The van der Waals surface area contributed by atoms with Crippen LogP contribution in [0.2, 0.25) is 0 Å². The van der Waals surface area contributed by atoms with Crippen molar-refractivity contribution in [3.8, 4) is 0 Å². The van der Waals surface area contributed by atoms with Crippen molar-refractivity contribution >= 4 is 0 Å². The molecule has 0 saturated heterocycles. The first-order valence-corrected chi connectivity index (χ1v) is 5.03. The van der Waals surface area contributed by atoms with Crippen LogP contribution in [0.1, 0.15) is 11.7 Å². The van der Waals surface area contributed by atoms with Gasteiger partial charge >= 0.3 is 0 Å². The monoisotopic (exact) mass is 327 g/mol. The van der Waals surface area contributed by atoms with E-state index < -0.39 is 6.10 Å². The molecule has 0 spiro atoms. The van der Waals surface area contributed by atoms with Gasteiger partial charge in [0.15, 0.2) is 18.9 Å². The summed E-state index contributed by atoms with van der Waals surface area (Å²) in [4.78, 5) is 0. The zero-order valence-electron chi connectivity index (χ0n) is 8.83. The Kier molecular flexibility index (Phi) is 5.42. The number of halogens is 1. The van der Waals surface area contributed by atoms with Crippen molar-refractivity contribution in [2.24, 2.45) is 0 Å². The van der Waals surface area contributed by atoms with E-state index in [-0.39, 0.29) is 24.0 Å². The number of aliphatic hydroxyl groups excluding tert-OH is 1. The minimum atomic E-state index is -0.446. The molecule has 1 N–H and O–H groups in total. The molecular weight excluding hydrogens is 313 g/mol. The standard InChI is InChI=1S/C13H14NO.HI/c15-13(12-7-3-1-4-8-12)11-14-9-5-2-6-10-14;/h1-10,13,15H,11H2;1H/q+1;/p-1. The molecule has 16 heavy (non-hydrogen) atoms. The van der Waals surface area contributed by atoms with E-state index in [1.807, 2.05) is 65.5 Å². The third-order valence-electron chi connectivity index (χ3n) is 2.35. The van der Waals surface area contributed by atoms with Gasteiger partial charge < -0.3 is 29.1 Å². The first kappa shape index (κ1) is 13.1. The second-order valence-corrected chi connectivity index (χ2v) is 3.50. The maximum Gasteiger partial charge on any atom is 0.178 e. The van der Waals surface area contributed by atoms with Crippen molar-refractivity contribution in [3.05, 3.63) is 66.5 Å². The SMILES string of the molecule is OC(C[n+]1ccccc1)c1ccccc1.[I-]. The number of benzene rings is 1.